The van der Waals surface area contributed by atoms with Crippen LogP contribution in [0.3, 0.4) is 0 Å². The number of pyridine rings is 1. The van der Waals surface area contributed by atoms with Gasteiger partial charge in [0.15, 0.2) is 5.13 Å². The summed E-state index contributed by atoms with van der Waals surface area (Å²) >= 11 is 1.66. The number of thiazole rings is 1. The van der Waals surface area contributed by atoms with Gasteiger partial charge in [-0.15, -0.1) is 0 Å². The van der Waals surface area contributed by atoms with Crippen molar-refractivity contribution in [1.82, 2.24) is 14.4 Å². The molecular formula is C23H24N4OS. The van der Waals surface area contributed by atoms with E-state index >= 15 is 0 Å². The fourth-order valence-corrected chi connectivity index (χ4v) is 5.09. The van der Waals surface area contributed by atoms with E-state index < -0.39 is 0 Å². The highest BCUT2D eigenvalue weighted by Crippen LogP contribution is 2.30. The molecule has 1 aromatic carbocycles. The third-order valence-electron chi connectivity index (χ3n) is 5.73. The first kappa shape index (κ1) is 18.3. The minimum absolute atomic E-state index is 0.113. The van der Waals surface area contributed by atoms with Gasteiger partial charge in [-0.05, 0) is 48.2 Å². The molecule has 2 unspecified atom stereocenters. The number of rotatable bonds is 5. The lowest BCUT2D eigenvalue weighted by molar-refractivity contribution is 0.116. The van der Waals surface area contributed by atoms with Gasteiger partial charge in [0, 0.05) is 24.5 Å². The third-order valence-corrected chi connectivity index (χ3v) is 6.68. The Morgan fingerprint density at radius 3 is 3.00 bits per heavy atom. The van der Waals surface area contributed by atoms with Crippen LogP contribution in [0.1, 0.15) is 42.5 Å². The average molecular weight is 405 g/mol. The Labute approximate surface area is 173 Å². The number of aliphatic hydroxyl groups excluding tert-OH is 1. The molecule has 0 aliphatic heterocycles. The van der Waals surface area contributed by atoms with Crippen LogP contribution in [0.15, 0.2) is 49.3 Å². The van der Waals surface area contributed by atoms with Crippen molar-refractivity contribution < 1.29 is 5.11 Å². The molecule has 1 aliphatic rings. The van der Waals surface area contributed by atoms with Crippen molar-refractivity contribution >= 4 is 38.4 Å². The molecule has 29 heavy (non-hydrogen) atoms. The maximum absolute atomic E-state index is 10.2. The van der Waals surface area contributed by atoms with Gasteiger partial charge in [0.25, 0.3) is 0 Å². The van der Waals surface area contributed by atoms with Crippen molar-refractivity contribution in [2.75, 3.05) is 5.32 Å². The minimum Gasteiger partial charge on any atom is -0.391 e. The van der Waals surface area contributed by atoms with Gasteiger partial charge in [-0.1, -0.05) is 42.9 Å². The lowest BCUT2D eigenvalue weighted by Gasteiger charge is -2.27. The highest BCUT2D eigenvalue weighted by molar-refractivity contribution is 7.22. The third kappa shape index (κ3) is 3.66. The number of imidazole rings is 1. The molecule has 1 saturated carbocycles. The van der Waals surface area contributed by atoms with Gasteiger partial charge in [-0.2, -0.15) is 0 Å². The highest BCUT2D eigenvalue weighted by atomic mass is 32.1. The zero-order valence-corrected chi connectivity index (χ0v) is 17.0. The van der Waals surface area contributed by atoms with Crippen molar-refractivity contribution in [3.63, 3.8) is 0 Å². The lowest BCUT2D eigenvalue weighted by Crippen LogP contribution is -2.36. The number of fused-ring (bicyclic) bond motifs is 2. The predicted molar refractivity (Wildman–Crippen MR) is 120 cm³/mol. The Balaban J connectivity index is 1.38. The number of nitrogens with zero attached hydrogens (tertiary/aromatic N) is 3. The Hall–Kier alpha value is -2.70. The molecule has 4 aromatic rings. The second-order valence-electron chi connectivity index (χ2n) is 7.74. The predicted octanol–water partition coefficient (Wildman–Crippen LogP) is 4.89. The number of anilines is 1. The van der Waals surface area contributed by atoms with E-state index in [0.717, 1.165) is 64.4 Å². The molecule has 5 nitrogen and oxygen atoms in total. The van der Waals surface area contributed by atoms with Crippen LogP contribution in [-0.2, 0) is 6.42 Å². The van der Waals surface area contributed by atoms with Crippen molar-refractivity contribution in [3.8, 4) is 0 Å². The molecular weight excluding hydrogens is 380 g/mol. The maximum Gasteiger partial charge on any atom is 0.184 e. The molecule has 0 spiro atoms. The monoisotopic (exact) mass is 404 g/mol. The number of hydrogen-bond acceptors (Lipinski definition) is 5. The first-order chi connectivity index (χ1) is 14.2. The van der Waals surface area contributed by atoms with E-state index in [0.29, 0.717) is 0 Å². The summed E-state index contributed by atoms with van der Waals surface area (Å²) in [6.45, 7) is 3.82. The topological polar surface area (TPSA) is 62.5 Å². The van der Waals surface area contributed by atoms with E-state index in [1.807, 2.05) is 18.3 Å². The van der Waals surface area contributed by atoms with Crippen LogP contribution in [0.4, 0.5) is 5.13 Å². The Kier molecular flexibility index (Phi) is 4.81. The molecule has 5 rings (SSSR count). The van der Waals surface area contributed by atoms with Crippen LogP contribution in [0.5, 0.6) is 0 Å². The van der Waals surface area contributed by atoms with Crippen LogP contribution < -0.4 is 5.32 Å². The van der Waals surface area contributed by atoms with Crippen LogP contribution in [0, 0.1) is 0 Å². The second-order valence-corrected chi connectivity index (χ2v) is 8.77. The molecule has 0 radical (unpaired) electrons. The zero-order chi connectivity index (χ0) is 19.8. The van der Waals surface area contributed by atoms with Crippen LogP contribution in [0.25, 0.3) is 21.9 Å². The Morgan fingerprint density at radius 2 is 2.14 bits per heavy atom. The number of nitrogens with one attached hydrogen (secondary N) is 1. The van der Waals surface area contributed by atoms with Crippen LogP contribution in [-0.4, -0.2) is 31.6 Å². The van der Waals surface area contributed by atoms with Gasteiger partial charge in [-0.25, -0.2) is 9.97 Å². The van der Waals surface area contributed by atoms with E-state index in [4.69, 9.17) is 4.98 Å². The first-order valence-corrected chi connectivity index (χ1v) is 10.9. The lowest BCUT2D eigenvalue weighted by atomic mass is 9.93. The second kappa shape index (κ2) is 7.61. The number of hydrogen-bond donors (Lipinski definition) is 2. The molecule has 6 heteroatoms. The SMILES string of the molecule is C=Cc1ccn2c(Cc3ccc4nc(NC5CCCCC5O)sc4c3)cnc2c1. The quantitative estimate of drug-likeness (QED) is 0.497. The molecule has 0 bridgehead atoms. The average Bonchev–Trinajstić information content (AvgIpc) is 3.32. The van der Waals surface area contributed by atoms with E-state index in [9.17, 15) is 5.11 Å². The molecule has 2 atom stereocenters. The smallest absolute Gasteiger partial charge is 0.184 e. The maximum atomic E-state index is 10.2. The van der Waals surface area contributed by atoms with E-state index in [-0.39, 0.29) is 12.1 Å². The van der Waals surface area contributed by atoms with E-state index in [1.165, 1.54) is 5.56 Å². The molecule has 3 heterocycles. The van der Waals surface area contributed by atoms with Crippen molar-refractivity contribution in [1.29, 1.82) is 0 Å². The van der Waals surface area contributed by atoms with Gasteiger partial charge in [0.2, 0.25) is 0 Å². The fraction of sp³-hybridized carbons (Fsp3) is 0.304. The standard InChI is InChI=1S/C23H24N4OS/c1-2-15-9-10-27-17(14-24-22(27)13-15)11-16-7-8-19-21(12-16)29-23(26-19)25-18-5-3-4-6-20(18)28/h2,7-10,12-14,18,20,28H,1,3-6,11H2,(H,25,26). The summed E-state index contributed by atoms with van der Waals surface area (Å²) in [6.07, 6.45) is 10.5. The molecule has 1 fully saturated rings. The Morgan fingerprint density at radius 1 is 1.24 bits per heavy atom. The van der Waals surface area contributed by atoms with Crippen molar-refractivity contribution in [3.05, 3.63) is 66.1 Å². The molecule has 1 aliphatic carbocycles. The van der Waals surface area contributed by atoms with Gasteiger partial charge in [0.1, 0.15) is 5.65 Å². The largest absolute Gasteiger partial charge is 0.391 e. The first-order valence-electron chi connectivity index (χ1n) is 10.1. The van der Waals surface area contributed by atoms with Gasteiger partial charge in [-0.3, -0.25) is 0 Å². The van der Waals surface area contributed by atoms with Crippen molar-refractivity contribution in [2.24, 2.45) is 0 Å². The zero-order valence-electron chi connectivity index (χ0n) is 16.2. The fourth-order valence-electron chi connectivity index (χ4n) is 4.09. The number of aliphatic hydroxyl groups is 1. The van der Waals surface area contributed by atoms with Crippen LogP contribution in [0.2, 0.25) is 0 Å². The summed E-state index contributed by atoms with van der Waals surface area (Å²) in [4.78, 5) is 9.25. The van der Waals surface area contributed by atoms with E-state index in [2.05, 4.69) is 51.7 Å². The summed E-state index contributed by atoms with van der Waals surface area (Å²) < 4.78 is 3.29. The Bertz CT molecular complexity index is 1180. The highest BCUT2D eigenvalue weighted by Gasteiger charge is 2.23. The molecule has 0 amide bonds. The molecule has 2 N–H and O–H groups in total. The van der Waals surface area contributed by atoms with Crippen molar-refractivity contribution in [2.45, 2.75) is 44.2 Å². The van der Waals surface area contributed by atoms with E-state index in [1.54, 1.807) is 11.3 Å². The minimum atomic E-state index is -0.275. The number of aromatic nitrogens is 3. The van der Waals surface area contributed by atoms with Crippen LogP contribution >= 0.6 is 11.3 Å². The summed E-state index contributed by atoms with van der Waals surface area (Å²) in [5.41, 5.74) is 5.40. The number of benzene rings is 1. The van der Waals surface area contributed by atoms with Gasteiger partial charge in [0.05, 0.1) is 22.4 Å². The molecule has 0 saturated heterocycles. The summed E-state index contributed by atoms with van der Waals surface area (Å²) in [5.74, 6) is 0. The molecule has 3 aromatic heterocycles. The normalized spacial score (nSPS) is 19.6. The molecule has 148 valence electrons. The van der Waals surface area contributed by atoms with Gasteiger partial charge >= 0.3 is 0 Å². The summed E-state index contributed by atoms with van der Waals surface area (Å²) in [6, 6.07) is 10.6. The summed E-state index contributed by atoms with van der Waals surface area (Å²) in [7, 11) is 0. The summed E-state index contributed by atoms with van der Waals surface area (Å²) in [5, 5.41) is 14.6. The van der Waals surface area contributed by atoms with Gasteiger partial charge < -0.3 is 14.8 Å².